The largest absolute Gasteiger partial charge is 0.484 e. The number of amides is 1. The fourth-order valence-corrected chi connectivity index (χ4v) is 4.21. The normalized spacial score (nSPS) is 10.9. The van der Waals surface area contributed by atoms with Crippen molar-refractivity contribution in [1.29, 1.82) is 0 Å². The van der Waals surface area contributed by atoms with Crippen LogP contribution in [0.1, 0.15) is 21.9 Å². The van der Waals surface area contributed by atoms with Crippen molar-refractivity contribution < 1.29 is 13.9 Å². The first-order valence-electron chi connectivity index (χ1n) is 8.54. The Morgan fingerprint density at radius 3 is 2.86 bits per heavy atom. The Kier molecular flexibility index (Phi) is 6.98. The lowest BCUT2D eigenvalue weighted by molar-refractivity contribution is -0.127. The topological polar surface area (TPSA) is 68.5 Å². The lowest BCUT2D eigenvalue weighted by Gasteiger charge is -2.15. The highest BCUT2D eigenvalue weighted by Crippen LogP contribution is 2.24. The van der Waals surface area contributed by atoms with Gasteiger partial charge in [0.25, 0.3) is 11.1 Å². The highest BCUT2D eigenvalue weighted by Gasteiger charge is 2.14. The van der Waals surface area contributed by atoms with Gasteiger partial charge in [0.2, 0.25) is 5.91 Å². The van der Waals surface area contributed by atoms with Gasteiger partial charge in [-0.3, -0.25) is 4.79 Å². The molecule has 3 aromatic rings. The molecule has 3 rings (SSSR count). The molecule has 1 aromatic carbocycles. The van der Waals surface area contributed by atoms with Gasteiger partial charge in [0, 0.05) is 11.9 Å². The summed E-state index contributed by atoms with van der Waals surface area (Å²) < 4.78 is 12.0. The van der Waals surface area contributed by atoms with Crippen molar-refractivity contribution in [1.82, 2.24) is 15.1 Å². The van der Waals surface area contributed by atoms with E-state index in [1.807, 2.05) is 44.2 Å². The number of hydrogen-bond donors (Lipinski definition) is 0. The molecule has 0 N–H and O–H groups in total. The predicted molar refractivity (Wildman–Crippen MR) is 111 cm³/mol. The van der Waals surface area contributed by atoms with E-state index >= 15 is 0 Å². The number of rotatable bonds is 8. The minimum atomic E-state index is -0.0269. The van der Waals surface area contributed by atoms with Crippen LogP contribution in [0.4, 0.5) is 0 Å². The third kappa shape index (κ3) is 5.73. The summed E-state index contributed by atoms with van der Waals surface area (Å²) in [6.07, 6.45) is 0. The highest BCUT2D eigenvalue weighted by molar-refractivity contribution is 7.99. The van der Waals surface area contributed by atoms with Crippen LogP contribution in [0.5, 0.6) is 5.75 Å². The second-order valence-corrected chi connectivity index (χ2v) is 8.99. The minimum Gasteiger partial charge on any atom is -0.484 e. The van der Waals surface area contributed by atoms with E-state index in [0.29, 0.717) is 22.0 Å². The summed E-state index contributed by atoms with van der Waals surface area (Å²) in [5, 5.41) is 8.29. The van der Waals surface area contributed by atoms with Crippen molar-refractivity contribution in [3.63, 3.8) is 0 Å². The molecule has 148 valence electrons. The Labute approximate surface area is 176 Å². The van der Waals surface area contributed by atoms with Crippen LogP contribution in [0.25, 0.3) is 0 Å². The molecule has 2 heterocycles. The number of thiophene rings is 1. The minimum absolute atomic E-state index is 0.0269. The van der Waals surface area contributed by atoms with Crippen molar-refractivity contribution in [2.24, 2.45) is 0 Å². The number of nitrogens with zero attached hydrogens (tertiary/aromatic N) is 3. The van der Waals surface area contributed by atoms with Gasteiger partial charge in [0.05, 0.1) is 16.6 Å². The van der Waals surface area contributed by atoms with Crippen LogP contribution in [0, 0.1) is 13.8 Å². The summed E-state index contributed by atoms with van der Waals surface area (Å²) >= 11 is 8.60. The molecule has 0 unspecified atom stereocenters. The van der Waals surface area contributed by atoms with Gasteiger partial charge in [-0.15, -0.1) is 21.5 Å². The molecule has 0 saturated carbocycles. The summed E-state index contributed by atoms with van der Waals surface area (Å²) in [4.78, 5) is 15.0. The standard InChI is InChI=1S/C19H20ClN3O3S2/c1-12-4-5-13(2)15(8-12)25-10-17-21-22-19(26-17)27-11-18(24)23(3)9-14-6-7-16(20)28-14/h4-8H,9-11H2,1-3H3. The average Bonchev–Trinajstić information content (AvgIpc) is 3.29. The van der Waals surface area contributed by atoms with E-state index in [2.05, 4.69) is 10.2 Å². The van der Waals surface area contributed by atoms with Crippen molar-refractivity contribution in [3.8, 4) is 5.75 Å². The van der Waals surface area contributed by atoms with Gasteiger partial charge in [0.15, 0.2) is 6.61 Å². The van der Waals surface area contributed by atoms with Crippen LogP contribution in [-0.4, -0.2) is 33.8 Å². The fraction of sp³-hybridized carbons (Fsp3) is 0.316. The maximum Gasteiger partial charge on any atom is 0.277 e. The van der Waals surface area contributed by atoms with Crippen molar-refractivity contribution in [3.05, 3.63) is 56.6 Å². The van der Waals surface area contributed by atoms with Crippen LogP contribution in [0.2, 0.25) is 4.34 Å². The maximum atomic E-state index is 12.3. The van der Waals surface area contributed by atoms with Gasteiger partial charge in [-0.1, -0.05) is 35.5 Å². The second-order valence-electron chi connectivity index (χ2n) is 6.26. The first-order chi connectivity index (χ1) is 13.4. The average molecular weight is 438 g/mol. The van der Waals surface area contributed by atoms with Crippen molar-refractivity contribution in [2.75, 3.05) is 12.8 Å². The molecule has 0 spiro atoms. The van der Waals surface area contributed by atoms with Crippen LogP contribution in [0.15, 0.2) is 40.0 Å². The van der Waals surface area contributed by atoms with E-state index in [-0.39, 0.29) is 18.3 Å². The van der Waals surface area contributed by atoms with Crippen LogP contribution < -0.4 is 4.74 Å². The van der Waals surface area contributed by atoms with E-state index in [1.54, 1.807) is 11.9 Å². The Balaban J connectivity index is 1.47. The van der Waals surface area contributed by atoms with E-state index in [4.69, 9.17) is 20.8 Å². The molecule has 0 aliphatic rings. The third-order valence-corrected chi connectivity index (χ3v) is 5.93. The number of ether oxygens (including phenoxy) is 1. The number of carbonyl (C=O) groups excluding carboxylic acids is 1. The summed E-state index contributed by atoms with van der Waals surface area (Å²) in [5.74, 6) is 1.35. The van der Waals surface area contributed by atoms with Gasteiger partial charge in [-0.05, 0) is 43.2 Å². The number of benzene rings is 1. The number of aromatic nitrogens is 2. The molecule has 0 aliphatic carbocycles. The zero-order valence-electron chi connectivity index (χ0n) is 15.8. The Hall–Kier alpha value is -2.03. The molecule has 0 radical (unpaired) electrons. The Bertz CT molecular complexity index is 958. The molecule has 0 fully saturated rings. The van der Waals surface area contributed by atoms with Crippen molar-refractivity contribution >= 4 is 40.6 Å². The zero-order chi connectivity index (χ0) is 20.1. The molecule has 28 heavy (non-hydrogen) atoms. The quantitative estimate of drug-likeness (QED) is 0.474. The first-order valence-corrected chi connectivity index (χ1v) is 10.7. The lowest BCUT2D eigenvalue weighted by Crippen LogP contribution is -2.27. The third-order valence-electron chi connectivity index (χ3n) is 3.91. The molecule has 0 aliphatic heterocycles. The van der Waals surface area contributed by atoms with Gasteiger partial charge in [-0.2, -0.15) is 0 Å². The van der Waals surface area contributed by atoms with E-state index < -0.39 is 0 Å². The molecule has 0 saturated heterocycles. The van der Waals surface area contributed by atoms with Gasteiger partial charge < -0.3 is 14.1 Å². The number of thioether (sulfide) groups is 1. The van der Waals surface area contributed by atoms with E-state index in [9.17, 15) is 4.79 Å². The molecule has 2 aromatic heterocycles. The number of halogens is 1. The van der Waals surface area contributed by atoms with E-state index in [1.165, 1.54) is 23.1 Å². The summed E-state index contributed by atoms with van der Waals surface area (Å²) in [7, 11) is 1.76. The monoisotopic (exact) mass is 437 g/mol. The van der Waals surface area contributed by atoms with E-state index in [0.717, 1.165) is 21.8 Å². The SMILES string of the molecule is Cc1ccc(C)c(OCc2nnc(SCC(=O)N(C)Cc3ccc(Cl)s3)o2)c1. The summed E-state index contributed by atoms with van der Waals surface area (Å²) in [5.41, 5.74) is 2.16. The Morgan fingerprint density at radius 1 is 1.29 bits per heavy atom. The first kappa shape index (κ1) is 20.7. The predicted octanol–water partition coefficient (Wildman–Crippen LogP) is 4.73. The van der Waals surface area contributed by atoms with Crippen LogP contribution in [-0.2, 0) is 17.9 Å². The molecular formula is C19H20ClN3O3S2. The van der Waals surface area contributed by atoms with Gasteiger partial charge in [-0.25, -0.2) is 0 Å². The zero-order valence-corrected chi connectivity index (χ0v) is 18.2. The van der Waals surface area contributed by atoms with Gasteiger partial charge in [0.1, 0.15) is 5.75 Å². The second kappa shape index (κ2) is 9.45. The fourth-order valence-electron chi connectivity index (χ4n) is 2.35. The smallest absolute Gasteiger partial charge is 0.277 e. The number of carbonyl (C=O) groups is 1. The van der Waals surface area contributed by atoms with Crippen molar-refractivity contribution in [2.45, 2.75) is 32.2 Å². The molecule has 0 atom stereocenters. The molecule has 0 bridgehead atoms. The summed E-state index contributed by atoms with van der Waals surface area (Å²) in [6, 6.07) is 9.76. The van der Waals surface area contributed by atoms with Crippen LogP contribution in [0.3, 0.4) is 0 Å². The molecule has 6 nitrogen and oxygen atoms in total. The molecule has 1 amide bonds. The Morgan fingerprint density at radius 2 is 2.11 bits per heavy atom. The highest BCUT2D eigenvalue weighted by atomic mass is 35.5. The molecular weight excluding hydrogens is 418 g/mol. The summed E-state index contributed by atoms with van der Waals surface area (Å²) in [6.45, 7) is 4.70. The number of hydrogen-bond acceptors (Lipinski definition) is 7. The number of aryl methyl sites for hydroxylation is 2. The lowest BCUT2D eigenvalue weighted by atomic mass is 10.1. The molecule has 9 heteroatoms. The van der Waals surface area contributed by atoms with Gasteiger partial charge >= 0.3 is 0 Å². The maximum absolute atomic E-state index is 12.3. The van der Waals surface area contributed by atoms with Crippen LogP contribution >= 0.6 is 34.7 Å².